The maximum atomic E-state index is 12.9. The lowest BCUT2D eigenvalue weighted by Crippen LogP contribution is -2.16. The molecular weight excluding hydrogens is 542 g/mol. The summed E-state index contributed by atoms with van der Waals surface area (Å²) in [6, 6.07) is 21.4. The second-order valence-electron chi connectivity index (χ2n) is 8.88. The Morgan fingerprint density at radius 2 is 1.90 bits per heavy atom. The summed E-state index contributed by atoms with van der Waals surface area (Å²) in [5, 5.41) is 27.7. The molecular formula is C29H21N7O4S. The summed E-state index contributed by atoms with van der Waals surface area (Å²) in [5.74, 6) is 0.233. The maximum Gasteiger partial charge on any atom is 0.307 e. The van der Waals surface area contributed by atoms with Gasteiger partial charge in [0, 0.05) is 52.5 Å². The van der Waals surface area contributed by atoms with Gasteiger partial charge < -0.3 is 8.98 Å². The number of aromatic nitrogens is 4. The van der Waals surface area contributed by atoms with Crippen LogP contribution in [0.5, 0.6) is 0 Å². The number of nitrogens with one attached hydrogen (secondary N) is 1. The Kier molecular flexibility index (Phi) is 6.96. The van der Waals surface area contributed by atoms with E-state index in [0.29, 0.717) is 33.6 Å². The van der Waals surface area contributed by atoms with Crippen LogP contribution >= 0.6 is 11.8 Å². The summed E-state index contributed by atoms with van der Waals surface area (Å²) >= 11 is 1.29. The molecule has 0 radical (unpaired) electrons. The molecule has 0 saturated heterocycles. The van der Waals surface area contributed by atoms with Crippen LogP contribution in [-0.4, -0.2) is 36.8 Å². The number of nitro groups is 1. The fourth-order valence-electron chi connectivity index (χ4n) is 4.43. The normalized spacial score (nSPS) is 11.4. The first-order chi connectivity index (χ1) is 20.0. The number of rotatable bonds is 8. The smallest absolute Gasteiger partial charge is 0.307 e. The topological polar surface area (TPSA) is 141 Å². The number of hydrogen-bond acceptors (Lipinski definition) is 9. The SMILES string of the molecule is CCn1c(Sc2ccc([N+](=O)[O-])cc2/C=N/NC(=O)c2cc3c(ccc4ccccc43)o2)nnc1-c1ccncc1. The van der Waals surface area contributed by atoms with Gasteiger partial charge in [-0.1, -0.05) is 30.3 Å². The summed E-state index contributed by atoms with van der Waals surface area (Å²) in [4.78, 5) is 28.5. The number of hydrogen-bond donors (Lipinski definition) is 1. The number of pyridine rings is 1. The quantitative estimate of drug-likeness (QED) is 0.133. The van der Waals surface area contributed by atoms with Gasteiger partial charge in [0.1, 0.15) is 5.58 Å². The molecule has 0 aliphatic rings. The van der Waals surface area contributed by atoms with Gasteiger partial charge in [-0.2, -0.15) is 5.10 Å². The molecule has 0 unspecified atom stereocenters. The monoisotopic (exact) mass is 563 g/mol. The summed E-state index contributed by atoms with van der Waals surface area (Å²) in [7, 11) is 0. The Balaban J connectivity index is 1.27. The Bertz CT molecular complexity index is 1950. The molecule has 3 aromatic heterocycles. The van der Waals surface area contributed by atoms with Gasteiger partial charge in [-0.05, 0) is 59.8 Å². The highest BCUT2D eigenvalue weighted by molar-refractivity contribution is 7.99. The molecule has 0 saturated carbocycles. The predicted octanol–water partition coefficient (Wildman–Crippen LogP) is 6.08. The summed E-state index contributed by atoms with van der Waals surface area (Å²) in [5.41, 5.74) is 4.23. The van der Waals surface area contributed by atoms with E-state index in [1.165, 1.54) is 30.1 Å². The summed E-state index contributed by atoms with van der Waals surface area (Å²) in [6.45, 7) is 2.58. The minimum atomic E-state index is -0.547. The molecule has 202 valence electrons. The van der Waals surface area contributed by atoms with Gasteiger partial charge in [0.2, 0.25) is 0 Å². The first-order valence-electron chi connectivity index (χ1n) is 12.6. The van der Waals surface area contributed by atoms with Crippen molar-refractivity contribution in [3.63, 3.8) is 0 Å². The van der Waals surface area contributed by atoms with Crippen molar-refractivity contribution >= 4 is 51.3 Å². The van der Waals surface area contributed by atoms with Crippen LogP contribution in [0.2, 0.25) is 0 Å². The molecule has 0 aliphatic heterocycles. The average Bonchev–Trinajstić information content (AvgIpc) is 3.63. The van der Waals surface area contributed by atoms with Crippen LogP contribution in [0.4, 0.5) is 5.69 Å². The van der Waals surface area contributed by atoms with Crippen LogP contribution in [0.1, 0.15) is 23.0 Å². The Hall–Kier alpha value is -5.36. The molecule has 0 spiro atoms. The van der Waals surface area contributed by atoms with Crippen molar-refractivity contribution in [3.8, 4) is 11.4 Å². The Morgan fingerprint density at radius 1 is 1.07 bits per heavy atom. The van der Waals surface area contributed by atoms with Crippen LogP contribution in [0.25, 0.3) is 33.1 Å². The number of amides is 1. The van der Waals surface area contributed by atoms with E-state index < -0.39 is 10.8 Å². The van der Waals surface area contributed by atoms with Gasteiger partial charge >= 0.3 is 5.91 Å². The second kappa shape index (κ2) is 11.0. The highest BCUT2D eigenvalue weighted by atomic mass is 32.2. The molecule has 0 fully saturated rings. The zero-order valence-electron chi connectivity index (χ0n) is 21.6. The van der Waals surface area contributed by atoms with Crippen LogP contribution < -0.4 is 5.43 Å². The van der Waals surface area contributed by atoms with E-state index in [-0.39, 0.29) is 11.4 Å². The second-order valence-corrected chi connectivity index (χ2v) is 9.89. The third-order valence-corrected chi connectivity index (χ3v) is 7.47. The fraction of sp³-hybridized carbons (Fsp3) is 0.0690. The summed E-state index contributed by atoms with van der Waals surface area (Å²) in [6.07, 6.45) is 4.73. The van der Waals surface area contributed by atoms with Gasteiger partial charge in [0.15, 0.2) is 16.7 Å². The lowest BCUT2D eigenvalue weighted by Gasteiger charge is -2.09. The molecule has 3 aromatic carbocycles. The lowest BCUT2D eigenvalue weighted by molar-refractivity contribution is -0.384. The third kappa shape index (κ3) is 5.15. The van der Waals surface area contributed by atoms with Crippen molar-refractivity contribution < 1.29 is 14.1 Å². The van der Waals surface area contributed by atoms with Crippen LogP contribution in [0.3, 0.4) is 0 Å². The first-order valence-corrected chi connectivity index (χ1v) is 13.4. The standard InChI is InChI=1S/C29H21N7O4S/c1-2-35-27(19-11-13-30-14-12-19)32-34-29(35)41-26-10-8-21(36(38)39)15-20(26)17-31-33-28(37)25-16-23-22-6-4-3-5-18(22)7-9-24(23)40-25/h3-17H,2H2,1H3,(H,33,37)/b31-17+. The van der Waals surface area contributed by atoms with Crippen molar-refractivity contribution in [1.29, 1.82) is 0 Å². The molecule has 0 aliphatic carbocycles. The molecule has 0 bridgehead atoms. The van der Waals surface area contributed by atoms with E-state index in [1.54, 1.807) is 24.5 Å². The van der Waals surface area contributed by atoms with Gasteiger partial charge in [-0.15, -0.1) is 10.2 Å². The van der Waals surface area contributed by atoms with Crippen molar-refractivity contribution in [2.45, 2.75) is 23.5 Å². The molecule has 1 amide bonds. The van der Waals surface area contributed by atoms with Gasteiger partial charge in [-0.3, -0.25) is 19.9 Å². The van der Waals surface area contributed by atoms with Gasteiger partial charge in [0.05, 0.1) is 11.1 Å². The number of carbonyl (C=O) groups excluding carboxylic acids is 1. The Morgan fingerprint density at radius 3 is 2.71 bits per heavy atom. The Labute approximate surface area is 237 Å². The number of hydrazone groups is 1. The molecule has 12 heteroatoms. The molecule has 3 heterocycles. The van der Waals surface area contributed by atoms with Crippen LogP contribution in [0.15, 0.2) is 105 Å². The average molecular weight is 564 g/mol. The van der Waals surface area contributed by atoms with E-state index >= 15 is 0 Å². The lowest BCUT2D eigenvalue weighted by atomic mass is 10.1. The van der Waals surface area contributed by atoms with Crippen LogP contribution in [-0.2, 0) is 6.54 Å². The third-order valence-electron chi connectivity index (χ3n) is 6.40. The largest absolute Gasteiger partial charge is 0.451 e. The summed E-state index contributed by atoms with van der Waals surface area (Å²) < 4.78 is 7.70. The number of furan rings is 1. The van der Waals surface area contributed by atoms with E-state index in [0.717, 1.165) is 21.7 Å². The molecule has 11 nitrogen and oxygen atoms in total. The number of non-ortho nitro benzene ring substituents is 1. The highest BCUT2D eigenvalue weighted by Crippen LogP contribution is 2.33. The molecule has 41 heavy (non-hydrogen) atoms. The zero-order valence-corrected chi connectivity index (χ0v) is 22.4. The molecule has 6 rings (SSSR count). The number of nitro benzene ring substituents is 1. The molecule has 0 atom stereocenters. The van der Waals surface area contributed by atoms with Crippen molar-refractivity contribution in [3.05, 3.63) is 107 Å². The van der Waals surface area contributed by atoms with E-state index in [4.69, 9.17) is 4.42 Å². The van der Waals surface area contributed by atoms with E-state index in [1.807, 2.05) is 60.0 Å². The number of carbonyl (C=O) groups is 1. The van der Waals surface area contributed by atoms with Crippen molar-refractivity contribution in [2.24, 2.45) is 5.10 Å². The predicted molar refractivity (Wildman–Crippen MR) is 155 cm³/mol. The molecule has 6 aromatic rings. The number of nitrogens with zero attached hydrogens (tertiary/aromatic N) is 6. The fourth-order valence-corrected chi connectivity index (χ4v) is 5.39. The van der Waals surface area contributed by atoms with Gasteiger partial charge in [0.25, 0.3) is 5.69 Å². The van der Waals surface area contributed by atoms with E-state index in [2.05, 4.69) is 25.7 Å². The van der Waals surface area contributed by atoms with Crippen molar-refractivity contribution in [1.82, 2.24) is 25.2 Å². The number of benzene rings is 3. The van der Waals surface area contributed by atoms with Crippen molar-refractivity contribution in [2.75, 3.05) is 0 Å². The minimum absolute atomic E-state index is 0.0989. The maximum absolute atomic E-state index is 12.9. The number of fused-ring (bicyclic) bond motifs is 3. The minimum Gasteiger partial charge on any atom is -0.451 e. The molecule has 1 N–H and O–H groups in total. The van der Waals surface area contributed by atoms with E-state index in [9.17, 15) is 14.9 Å². The zero-order chi connectivity index (χ0) is 28.3. The van der Waals surface area contributed by atoms with Gasteiger partial charge in [-0.25, -0.2) is 5.43 Å². The van der Waals surface area contributed by atoms with Crippen LogP contribution in [0, 0.1) is 10.1 Å². The first kappa shape index (κ1) is 25.9. The highest BCUT2D eigenvalue weighted by Gasteiger charge is 2.18.